The lowest BCUT2D eigenvalue weighted by Gasteiger charge is -2.25. The predicted molar refractivity (Wildman–Crippen MR) is 62.3 cm³/mol. The van der Waals surface area contributed by atoms with Crippen LogP contribution in [0.4, 0.5) is 0 Å². The van der Waals surface area contributed by atoms with E-state index in [9.17, 15) is 0 Å². The second kappa shape index (κ2) is 6.41. The Morgan fingerprint density at radius 1 is 1.36 bits per heavy atom. The molecule has 14 heavy (non-hydrogen) atoms. The van der Waals surface area contributed by atoms with Crippen LogP contribution in [0.5, 0.6) is 0 Å². The van der Waals surface area contributed by atoms with Gasteiger partial charge in [-0.15, -0.1) is 0 Å². The highest BCUT2D eigenvalue weighted by atomic mass is 15.1. The fourth-order valence-corrected chi connectivity index (χ4v) is 2.41. The highest BCUT2D eigenvalue weighted by Crippen LogP contribution is 2.26. The molecule has 0 aromatic rings. The van der Waals surface area contributed by atoms with E-state index in [2.05, 4.69) is 18.9 Å². The molecule has 1 rings (SSSR count). The van der Waals surface area contributed by atoms with E-state index in [-0.39, 0.29) is 0 Å². The summed E-state index contributed by atoms with van der Waals surface area (Å²) in [5.41, 5.74) is 6.21. The average molecular weight is 198 g/mol. The zero-order valence-electron chi connectivity index (χ0n) is 9.84. The molecule has 1 aliphatic rings. The largest absolute Gasteiger partial charge is 0.326 e. The van der Waals surface area contributed by atoms with Crippen LogP contribution in [0.15, 0.2) is 0 Å². The first-order valence-corrected chi connectivity index (χ1v) is 6.18. The van der Waals surface area contributed by atoms with Gasteiger partial charge in [-0.3, -0.25) is 0 Å². The van der Waals surface area contributed by atoms with Gasteiger partial charge in [-0.25, -0.2) is 0 Å². The van der Waals surface area contributed by atoms with E-state index in [4.69, 9.17) is 5.73 Å². The van der Waals surface area contributed by atoms with Crippen molar-refractivity contribution in [1.29, 1.82) is 0 Å². The Balaban J connectivity index is 2.14. The van der Waals surface area contributed by atoms with Crippen molar-refractivity contribution in [1.82, 2.24) is 4.90 Å². The zero-order valence-corrected chi connectivity index (χ0v) is 9.84. The first-order valence-electron chi connectivity index (χ1n) is 6.18. The Labute approximate surface area is 88.8 Å². The normalized spacial score (nSPS) is 20.6. The fourth-order valence-electron chi connectivity index (χ4n) is 2.41. The van der Waals surface area contributed by atoms with E-state index < -0.39 is 0 Å². The van der Waals surface area contributed by atoms with E-state index >= 15 is 0 Å². The van der Waals surface area contributed by atoms with E-state index in [1.807, 2.05) is 0 Å². The number of unbranched alkanes of at least 4 members (excludes halogenated alkanes) is 1. The number of nitrogens with zero attached hydrogens (tertiary/aromatic N) is 1. The van der Waals surface area contributed by atoms with Gasteiger partial charge in [0.25, 0.3) is 0 Å². The summed E-state index contributed by atoms with van der Waals surface area (Å²) in [7, 11) is 2.20. The Hall–Kier alpha value is -0.0800. The van der Waals surface area contributed by atoms with Crippen LogP contribution in [0.1, 0.15) is 45.4 Å². The molecular weight excluding hydrogens is 172 g/mol. The molecule has 2 nitrogen and oxygen atoms in total. The summed E-state index contributed by atoms with van der Waals surface area (Å²) >= 11 is 0. The monoisotopic (exact) mass is 198 g/mol. The molecule has 1 aliphatic carbocycles. The van der Waals surface area contributed by atoms with Crippen LogP contribution in [0, 0.1) is 5.92 Å². The molecule has 0 aromatic heterocycles. The molecular formula is C12H26N2. The predicted octanol–water partition coefficient (Wildman–Crippen LogP) is 2.24. The van der Waals surface area contributed by atoms with Gasteiger partial charge in [0.2, 0.25) is 0 Å². The molecule has 0 heterocycles. The summed E-state index contributed by atoms with van der Waals surface area (Å²) in [6, 6.07) is 0.416. The van der Waals surface area contributed by atoms with Crippen molar-refractivity contribution in [3.63, 3.8) is 0 Å². The van der Waals surface area contributed by atoms with Crippen LogP contribution in [0.3, 0.4) is 0 Å². The number of rotatable bonds is 6. The van der Waals surface area contributed by atoms with Crippen LogP contribution in [0.2, 0.25) is 0 Å². The Bertz CT molecular complexity index is 141. The third kappa shape index (κ3) is 3.97. The highest BCUT2D eigenvalue weighted by molar-refractivity contribution is 4.79. The molecule has 2 N–H and O–H groups in total. The molecule has 0 radical (unpaired) electrons. The summed E-state index contributed by atoms with van der Waals surface area (Å²) in [5, 5.41) is 0. The second-order valence-corrected chi connectivity index (χ2v) is 4.82. The first-order chi connectivity index (χ1) is 6.74. The highest BCUT2D eigenvalue weighted by Gasteiger charge is 2.22. The van der Waals surface area contributed by atoms with Gasteiger partial charge < -0.3 is 10.6 Å². The van der Waals surface area contributed by atoms with Crippen LogP contribution >= 0.6 is 0 Å². The van der Waals surface area contributed by atoms with E-state index in [0.29, 0.717) is 6.04 Å². The molecule has 0 spiro atoms. The minimum absolute atomic E-state index is 0.416. The number of hydrogen-bond donors (Lipinski definition) is 1. The third-order valence-corrected chi connectivity index (χ3v) is 3.42. The molecule has 0 aromatic carbocycles. The standard InChI is InChI=1S/C12H26N2/c1-3-4-9-14(2)10-12(13)11-7-5-6-8-11/h11-12H,3-10,13H2,1-2H3. The molecule has 0 aliphatic heterocycles. The third-order valence-electron chi connectivity index (χ3n) is 3.42. The average Bonchev–Trinajstić information content (AvgIpc) is 2.67. The number of likely N-dealkylation sites (N-methyl/N-ethyl adjacent to an activating group) is 1. The van der Waals surface area contributed by atoms with Crippen molar-refractivity contribution >= 4 is 0 Å². The van der Waals surface area contributed by atoms with Crippen molar-refractivity contribution in [2.24, 2.45) is 11.7 Å². The van der Waals surface area contributed by atoms with Crippen LogP contribution in [-0.4, -0.2) is 31.1 Å². The molecule has 84 valence electrons. The summed E-state index contributed by atoms with van der Waals surface area (Å²) in [4.78, 5) is 2.40. The van der Waals surface area contributed by atoms with Crippen molar-refractivity contribution in [3.8, 4) is 0 Å². The van der Waals surface area contributed by atoms with Gasteiger partial charge in [0.15, 0.2) is 0 Å². The molecule has 0 bridgehead atoms. The van der Waals surface area contributed by atoms with Crippen LogP contribution in [-0.2, 0) is 0 Å². The maximum atomic E-state index is 6.21. The van der Waals surface area contributed by atoms with Crippen LogP contribution in [0.25, 0.3) is 0 Å². The smallest absolute Gasteiger partial charge is 0.0196 e. The summed E-state index contributed by atoms with van der Waals surface area (Å²) in [6.07, 6.45) is 8.11. The van der Waals surface area contributed by atoms with Gasteiger partial charge in [-0.1, -0.05) is 26.2 Å². The zero-order chi connectivity index (χ0) is 10.4. The molecule has 0 saturated heterocycles. The lowest BCUT2D eigenvalue weighted by atomic mass is 9.98. The minimum atomic E-state index is 0.416. The van der Waals surface area contributed by atoms with Gasteiger partial charge in [0, 0.05) is 12.6 Å². The lowest BCUT2D eigenvalue weighted by molar-refractivity contribution is 0.268. The summed E-state index contributed by atoms with van der Waals surface area (Å²) in [5.74, 6) is 0.805. The molecule has 2 heteroatoms. The maximum absolute atomic E-state index is 6.21. The van der Waals surface area contributed by atoms with Gasteiger partial charge >= 0.3 is 0 Å². The first kappa shape index (κ1) is 12.0. The number of hydrogen-bond acceptors (Lipinski definition) is 2. The van der Waals surface area contributed by atoms with Crippen molar-refractivity contribution in [2.75, 3.05) is 20.1 Å². The lowest BCUT2D eigenvalue weighted by Crippen LogP contribution is -2.40. The molecule has 1 fully saturated rings. The Morgan fingerprint density at radius 2 is 2.00 bits per heavy atom. The van der Waals surface area contributed by atoms with Gasteiger partial charge in [-0.2, -0.15) is 0 Å². The minimum Gasteiger partial charge on any atom is -0.326 e. The van der Waals surface area contributed by atoms with E-state index in [0.717, 1.165) is 12.5 Å². The second-order valence-electron chi connectivity index (χ2n) is 4.82. The maximum Gasteiger partial charge on any atom is 0.0196 e. The summed E-state index contributed by atoms with van der Waals surface area (Å²) in [6.45, 7) is 4.53. The van der Waals surface area contributed by atoms with Crippen molar-refractivity contribution in [3.05, 3.63) is 0 Å². The Morgan fingerprint density at radius 3 is 2.57 bits per heavy atom. The Kier molecular flexibility index (Phi) is 5.49. The van der Waals surface area contributed by atoms with Gasteiger partial charge in [0.1, 0.15) is 0 Å². The van der Waals surface area contributed by atoms with Gasteiger partial charge in [0.05, 0.1) is 0 Å². The SMILES string of the molecule is CCCCN(C)CC(N)C1CCCC1. The van der Waals surface area contributed by atoms with E-state index in [1.54, 1.807) is 0 Å². The van der Waals surface area contributed by atoms with Crippen molar-refractivity contribution in [2.45, 2.75) is 51.5 Å². The molecule has 1 saturated carbocycles. The molecule has 1 unspecified atom stereocenters. The molecule has 0 amide bonds. The topological polar surface area (TPSA) is 29.3 Å². The fraction of sp³-hybridized carbons (Fsp3) is 1.00. The molecule has 1 atom stereocenters. The van der Waals surface area contributed by atoms with Crippen LogP contribution < -0.4 is 5.73 Å². The van der Waals surface area contributed by atoms with Crippen molar-refractivity contribution < 1.29 is 0 Å². The number of nitrogens with two attached hydrogens (primary N) is 1. The quantitative estimate of drug-likeness (QED) is 0.709. The summed E-state index contributed by atoms with van der Waals surface area (Å²) < 4.78 is 0. The van der Waals surface area contributed by atoms with Gasteiger partial charge in [-0.05, 0) is 38.8 Å². The van der Waals surface area contributed by atoms with E-state index in [1.165, 1.54) is 45.1 Å².